The summed E-state index contributed by atoms with van der Waals surface area (Å²) in [5.41, 5.74) is -0.183. The fourth-order valence-corrected chi connectivity index (χ4v) is 2.61. The van der Waals surface area contributed by atoms with Crippen molar-refractivity contribution in [1.82, 2.24) is 0 Å². The monoisotopic (exact) mass is 260 g/mol. The quantitative estimate of drug-likeness (QED) is 0.591. The average Bonchev–Trinajstić information content (AvgIpc) is 1.99. The Morgan fingerprint density at radius 2 is 1.50 bits per heavy atom. The lowest BCUT2D eigenvalue weighted by Gasteiger charge is -2.42. The normalized spacial score (nSPS) is 17.1. The summed E-state index contributed by atoms with van der Waals surface area (Å²) in [7, 11) is -9.58. The molecular weight excluding hydrogens is 247 g/mol. The molecule has 0 aliphatic carbocycles. The van der Waals surface area contributed by atoms with Gasteiger partial charge in [-0.15, -0.1) is 0 Å². The zero-order chi connectivity index (χ0) is 12.8. The van der Waals surface area contributed by atoms with Gasteiger partial charge in [0.2, 0.25) is 0 Å². The topological polar surface area (TPSA) is 0 Å². The molecule has 0 bridgehead atoms. The first-order valence-corrected chi connectivity index (χ1v) is 6.61. The maximum atomic E-state index is 12.7. The van der Waals surface area contributed by atoms with Gasteiger partial charge in [-0.2, -0.15) is 0 Å². The highest BCUT2D eigenvalue weighted by atomic mass is 32.5. The van der Waals surface area contributed by atoms with Crippen LogP contribution in [0.15, 0.2) is 23.1 Å². The highest BCUT2D eigenvalue weighted by Crippen LogP contribution is 3.02. The Kier molecular flexibility index (Phi) is 2.42. The van der Waals surface area contributed by atoms with Crippen LogP contribution >= 0.6 is 10.2 Å². The highest BCUT2D eigenvalue weighted by Gasteiger charge is 2.66. The van der Waals surface area contributed by atoms with Crippen molar-refractivity contribution in [3.63, 3.8) is 0 Å². The standard InChI is InChI=1S/C10H13F5S/c1-7(2)9-5-4-8(3)6-10(9)16(11,12,13,14)15/h4-7H,1-3H3. The van der Waals surface area contributed by atoms with Crippen LogP contribution in [-0.4, -0.2) is 0 Å². The van der Waals surface area contributed by atoms with E-state index in [1.807, 2.05) is 0 Å². The van der Waals surface area contributed by atoms with E-state index in [4.69, 9.17) is 0 Å². The number of hydrogen-bond acceptors (Lipinski definition) is 0. The molecule has 1 rings (SSSR count). The fraction of sp³-hybridized carbons (Fsp3) is 0.400. The third kappa shape index (κ3) is 2.87. The van der Waals surface area contributed by atoms with Gasteiger partial charge in [-0.25, -0.2) is 0 Å². The van der Waals surface area contributed by atoms with Crippen molar-refractivity contribution in [2.24, 2.45) is 0 Å². The van der Waals surface area contributed by atoms with Gasteiger partial charge in [0.25, 0.3) is 0 Å². The second kappa shape index (κ2) is 2.91. The largest absolute Gasteiger partial charge is 0.310 e. The van der Waals surface area contributed by atoms with Gasteiger partial charge < -0.3 is 0 Å². The molecule has 0 fully saturated rings. The maximum Gasteiger partial charge on any atom is 0.310 e. The molecule has 1 aromatic carbocycles. The Balaban J connectivity index is 3.63. The molecule has 0 N–H and O–H groups in total. The molecule has 0 amide bonds. The molecule has 1 aromatic rings. The van der Waals surface area contributed by atoms with Crippen molar-refractivity contribution >= 4 is 10.2 Å². The van der Waals surface area contributed by atoms with Crippen molar-refractivity contribution in [1.29, 1.82) is 0 Å². The number of rotatable bonds is 2. The molecule has 0 unspecified atom stereocenters. The van der Waals surface area contributed by atoms with Gasteiger partial charge in [0.15, 0.2) is 0 Å². The van der Waals surface area contributed by atoms with Gasteiger partial charge in [0.05, 0.1) is 0 Å². The van der Waals surface area contributed by atoms with Gasteiger partial charge in [0.1, 0.15) is 4.90 Å². The molecule has 0 aromatic heterocycles. The van der Waals surface area contributed by atoms with Crippen molar-refractivity contribution in [2.75, 3.05) is 0 Å². The maximum absolute atomic E-state index is 12.7. The predicted molar refractivity (Wildman–Crippen MR) is 56.7 cm³/mol. The van der Waals surface area contributed by atoms with Crippen LogP contribution in [-0.2, 0) is 0 Å². The van der Waals surface area contributed by atoms with E-state index in [1.54, 1.807) is 0 Å². The number of hydrogen-bond donors (Lipinski definition) is 0. The summed E-state index contributed by atoms with van der Waals surface area (Å²) < 4.78 is 63.7. The number of aryl methyl sites for hydroxylation is 1. The molecule has 0 spiro atoms. The van der Waals surface area contributed by atoms with Gasteiger partial charge >= 0.3 is 10.2 Å². The summed E-state index contributed by atoms with van der Waals surface area (Å²) in [6.45, 7) is 4.27. The second-order valence-electron chi connectivity index (χ2n) is 4.16. The van der Waals surface area contributed by atoms with Crippen molar-refractivity contribution in [3.8, 4) is 0 Å². The van der Waals surface area contributed by atoms with Crippen LogP contribution in [0.1, 0.15) is 30.9 Å². The molecule has 0 aliphatic heterocycles. The summed E-state index contributed by atoms with van der Waals surface area (Å²) in [6.07, 6.45) is 0. The van der Waals surface area contributed by atoms with E-state index in [1.165, 1.54) is 26.8 Å². The molecule has 94 valence electrons. The first kappa shape index (κ1) is 13.3. The Hall–Kier alpha value is -0.780. The SMILES string of the molecule is Cc1ccc(C(C)C)c(S(F)(F)(F)(F)F)c1. The Labute approximate surface area is 91.2 Å². The second-order valence-corrected chi connectivity index (χ2v) is 6.54. The zero-order valence-corrected chi connectivity index (χ0v) is 9.92. The Morgan fingerprint density at radius 3 is 1.88 bits per heavy atom. The molecule has 0 saturated heterocycles. The minimum Gasteiger partial charge on any atom is -0.0936 e. The van der Waals surface area contributed by atoms with E-state index in [-0.39, 0.29) is 11.1 Å². The Morgan fingerprint density at radius 1 is 1.00 bits per heavy atom. The lowest BCUT2D eigenvalue weighted by molar-refractivity contribution is 0.361. The third-order valence-corrected chi connectivity index (χ3v) is 3.39. The molecule has 0 heterocycles. The lowest BCUT2D eigenvalue weighted by Crippen LogP contribution is -2.10. The average molecular weight is 260 g/mol. The van der Waals surface area contributed by atoms with Crippen LogP contribution in [0, 0.1) is 6.92 Å². The van der Waals surface area contributed by atoms with Crippen LogP contribution in [0.25, 0.3) is 0 Å². The zero-order valence-electron chi connectivity index (χ0n) is 9.11. The van der Waals surface area contributed by atoms with Crippen LogP contribution in [0.3, 0.4) is 0 Å². The number of halogens is 5. The number of benzene rings is 1. The molecule has 16 heavy (non-hydrogen) atoms. The summed E-state index contributed by atoms with van der Waals surface area (Å²) in [5.74, 6) is -0.598. The van der Waals surface area contributed by atoms with Gasteiger partial charge in [0, 0.05) is 0 Å². The molecule has 6 heteroatoms. The summed E-state index contributed by atoms with van der Waals surface area (Å²) in [4.78, 5) is -1.75. The van der Waals surface area contributed by atoms with E-state index in [9.17, 15) is 19.4 Å². The van der Waals surface area contributed by atoms with Crippen molar-refractivity contribution in [2.45, 2.75) is 31.6 Å². The fourth-order valence-electron chi connectivity index (χ4n) is 1.45. The lowest BCUT2D eigenvalue weighted by atomic mass is 10.0. The van der Waals surface area contributed by atoms with Crippen LogP contribution in [0.5, 0.6) is 0 Å². The first-order valence-electron chi connectivity index (χ1n) is 4.66. The van der Waals surface area contributed by atoms with E-state index >= 15 is 0 Å². The molecule has 0 aliphatic rings. The molecule has 0 radical (unpaired) electrons. The van der Waals surface area contributed by atoms with E-state index in [0.29, 0.717) is 6.07 Å². The third-order valence-electron chi connectivity index (χ3n) is 2.21. The van der Waals surface area contributed by atoms with E-state index in [0.717, 1.165) is 6.07 Å². The summed E-state index contributed by atoms with van der Waals surface area (Å²) >= 11 is 0. The van der Waals surface area contributed by atoms with Crippen LogP contribution < -0.4 is 0 Å². The van der Waals surface area contributed by atoms with Crippen LogP contribution in [0.2, 0.25) is 0 Å². The van der Waals surface area contributed by atoms with E-state index < -0.39 is 21.0 Å². The molecular formula is C10H13F5S. The molecule has 0 saturated carbocycles. The van der Waals surface area contributed by atoms with E-state index in [2.05, 4.69) is 0 Å². The van der Waals surface area contributed by atoms with Gasteiger partial charge in [-0.05, 0) is 30.0 Å². The summed E-state index contributed by atoms with van der Waals surface area (Å²) in [6, 6.07) is 3.05. The smallest absolute Gasteiger partial charge is 0.0936 e. The minimum absolute atomic E-state index is 0.174. The van der Waals surface area contributed by atoms with Crippen molar-refractivity contribution < 1.29 is 19.4 Å². The minimum atomic E-state index is -9.58. The van der Waals surface area contributed by atoms with Crippen molar-refractivity contribution in [3.05, 3.63) is 29.3 Å². The predicted octanol–water partition coefficient (Wildman–Crippen LogP) is 5.78. The van der Waals surface area contributed by atoms with Crippen LogP contribution in [0.4, 0.5) is 19.4 Å². The van der Waals surface area contributed by atoms with Gasteiger partial charge in [-0.3, -0.25) is 0 Å². The van der Waals surface area contributed by atoms with Gasteiger partial charge in [-0.1, -0.05) is 45.4 Å². The molecule has 0 nitrogen and oxygen atoms in total. The first-order chi connectivity index (χ1) is 6.81. The highest BCUT2D eigenvalue weighted by molar-refractivity contribution is 8.45. The Bertz CT molecular complexity index is 418. The summed E-state index contributed by atoms with van der Waals surface area (Å²) in [5, 5.41) is 0. The molecule has 0 atom stereocenters.